The highest BCUT2D eigenvalue weighted by molar-refractivity contribution is 7.90. The van der Waals surface area contributed by atoms with E-state index in [1.807, 2.05) is 0 Å². The molecule has 1 heterocycles. The van der Waals surface area contributed by atoms with Gasteiger partial charge in [0.05, 0.1) is 5.60 Å². The fraction of sp³-hybridized carbons (Fsp3) is 0.455. The molecule has 0 unspecified atom stereocenters. The van der Waals surface area contributed by atoms with E-state index < -0.39 is 15.4 Å². The number of hydrogen-bond acceptors (Lipinski definition) is 5. The summed E-state index contributed by atoms with van der Waals surface area (Å²) in [6.07, 6.45) is 2.27. The first-order valence-electron chi connectivity index (χ1n) is 5.27. The van der Waals surface area contributed by atoms with Crippen LogP contribution in [0.2, 0.25) is 0 Å². The SMILES string of the molecule is CS(=O)(=O)c1c(C2(O)CC2)ccc2c1OCO2. The lowest BCUT2D eigenvalue weighted by molar-refractivity contribution is 0.146. The van der Waals surface area contributed by atoms with Crippen molar-refractivity contribution in [1.29, 1.82) is 0 Å². The zero-order valence-corrected chi connectivity index (χ0v) is 10.1. The van der Waals surface area contributed by atoms with Gasteiger partial charge in [0.1, 0.15) is 4.90 Å². The second-order valence-electron chi connectivity index (χ2n) is 4.48. The van der Waals surface area contributed by atoms with Crippen LogP contribution in [-0.4, -0.2) is 26.6 Å². The predicted molar refractivity (Wildman–Crippen MR) is 58.8 cm³/mol. The van der Waals surface area contributed by atoms with Crippen molar-refractivity contribution < 1.29 is 23.0 Å². The highest BCUT2D eigenvalue weighted by Gasteiger charge is 2.46. The van der Waals surface area contributed by atoms with Gasteiger partial charge in [-0.2, -0.15) is 0 Å². The van der Waals surface area contributed by atoms with Crippen LogP contribution < -0.4 is 9.47 Å². The summed E-state index contributed by atoms with van der Waals surface area (Å²) in [5.74, 6) is 0.642. The van der Waals surface area contributed by atoms with Crippen LogP contribution in [0.4, 0.5) is 0 Å². The summed E-state index contributed by atoms with van der Waals surface area (Å²) < 4.78 is 34.0. The molecule has 0 bridgehead atoms. The van der Waals surface area contributed by atoms with E-state index in [1.165, 1.54) is 0 Å². The molecule has 3 rings (SSSR count). The van der Waals surface area contributed by atoms with Gasteiger partial charge in [0, 0.05) is 11.8 Å². The molecule has 1 saturated carbocycles. The van der Waals surface area contributed by atoms with Gasteiger partial charge in [0.2, 0.25) is 6.79 Å². The Labute approximate surface area is 98.9 Å². The van der Waals surface area contributed by atoms with Crippen LogP contribution >= 0.6 is 0 Å². The van der Waals surface area contributed by atoms with Gasteiger partial charge in [-0.05, 0) is 18.9 Å². The molecular formula is C11H12O5S. The van der Waals surface area contributed by atoms with E-state index in [1.54, 1.807) is 12.1 Å². The summed E-state index contributed by atoms with van der Waals surface area (Å²) in [6.45, 7) is 0.0136. The van der Waals surface area contributed by atoms with E-state index in [9.17, 15) is 13.5 Å². The van der Waals surface area contributed by atoms with E-state index in [0.29, 0.717) is 24.2 Å². The molecule has 2 aliphatic rings. The first-order chi connectivity index (χ1) is 7.92. The molecule has 1 aliphatic carbocycles. The largest absolute Gasteiger partial charge is 0.454 e. The van der Waals surface area contributed by atoms with Crippen molar-refractivity contribution in [2.24, 2.45) is 0 Å². The van der Waals surface area contributed by atoms with E-state index in [-0.39, 0.29) is 17.4 Å². The van der Waals surface area contributed by atoms with Crippen LogP contribution in [0.25, 0.3) is 0 Å². The Morgan fingerprint density at radius 2 is 2.00 bits per heavy atom. The van der Waals surface area contributed by atoms with Crippen LogP contribution in [0.1, 0.15) is 18.4 Å². The van der Waals surface area contributed by atoms with Crippen LogP contribution in [0, 0.1) is 0 Å². The van der Waals surface area contributed by atoms with Gasteiger partial charge in [-0.15, -0.1) is 0 Å². The zero-order chi connectivity index (χ0) is 12.3. The Kier molecular flexibility index (Phi) is 2.01. The predicted octanol–water partition coefficient (Wildman–Crippen LogP) is 0.800. The maximum absolute atomic E-state index is 11.8. The van der Waals surface area contributed by atoms with Crippen molar-refractivity contribution in [3.8, 4) is 11.5 Å². The van der Waals surface area contributed by atoms with Gasteiger partial charge >= 0.3 is 0 Å². The summed E-state index contributed by atoms with van der Waals surface area (Å²) in [7, 11) is -3.47. The number of rotatable bonds is 2. The van der Waals surface area contributed by atoms with Crippen molar-refractivity contribution in [3.63, 3.8) is 0 Å². The average Bonchev–Trinajstić information content (AvgIpc) is 2.82. The number of ether oxygens (including phenoxy) is 2. The normalized spacial score (nSPS) is 20.4. The number of hydrogen-bond donors (Lipinski definition) is 1. The summed E-state index contributed by atoms with van der Waals surface area (Å²) >= 11 is 0. The highest BCUT2D eigenvalue weighted by Crippen LogP contribution is 2.52. The van der Waals surface area contributed by atoms with Gasteiger partial charge in [0.25, 0.3) is 0 Å². The Morgan fingerprint density at radius 3 is 2.59 bits per heavy atom. The standard InChI is InChI=1S/C11H12O5S/c1-17(13,14)10-7(11(12)4-5-11)2-3-8-9(10)16-6-15-8/h2-3,12H,4-6H2,1H3. The molecule has 1 fully saturated rings. The van der Waals surface area contributed by atoms with Gasteiger partial charge in [-0.3, -0.25) is 0 Å². The lowest BCUT2D eigenvalue weighted by Crippen LogP contribution is -2.12. The smallest absolute Gasteiger partial charge is 0.231 e. The van der Waals surface area contributed by atoms with Crippen molar-refractivity contribution >= 4 is 9.84 Å². The van der Waals surface area contributed by atoms with Gasteiger partial charge in [-0.25, -0.2) is 8.42 Å². The molecule has 0 amide bonds. The molecule has 6 heteroatoms. The molecule has 0 spiro atoms. The van der Waals surface area contributed by atoms with Crippen molar-refractivity contribution in [1.82, 2.24) is 0 Å². The maximum Gasteiger partial charge on any atom is 0.231 e. The molecule has 0 atom stereocenters. The third-order valence-electron chi connectivity index (χ3n) is 3.09. The lowest BCUT2D eigenvalue weighted by Gasteiger charge is -2.14. The number of sulfone groups is 1. The first kappa shape index (κ1) is 10.9. The topological polar surface area (TPSA) is 72.8 Å². The molecule has 17 heavy (non-hydrogen) atoms. The second kappa shape index (κ2) is 3.14. The molecule has 0 radical (unpaired) electrons. The molecule has 1 aromatic rings. The Morgan fingerprint density at radius 1 is 1.29 bits per heavy atom. The van der Waals surface area contributed by atoms with E-state index in [0.717, 1.165) is 6.26 Å². The average molecular weight is 256 g/mol. The quantitative estimate of drug-likeness (QED) is 0.847. The molecule has 0 aromatic heterocycles. The molecular weight excluding hydrogens is 244 g/mol. The molecule has 0 saturated heterocycles. The third kappa shape index (κ3) is 1.59. The van der Waals surface area contributed by atoms with Crippen LogP contribution in [0.5, 0.6) is 11.5 Å². The number of aliphatic hydroxyl groups is 1. The van der Waals surface area contributed by atoms with E-state index in [4.69, 9.17) is 9.47 Å². The van der Waals surface area contributed by atoms with Crippen molar-refractivity contribution in [2.45, 2.75) is 23.3 Å². The minimum atomic E-state index is -3.47. The number of fused-ring (bicyclic) bond motifs is 1. The maximum atomic E-state index is 11.8. The second-order valence-corrected chi connectivity index (χ2v) is 6.43. The molecule has 92 valence electrons. The molecule has 1 aliphatic heterocycles. The molecule has 1 aromatic carbocycles. The first-order valence-corrected chi connectivity index (χ1v) is 7.16. The van der Waals surface area contributed by atoms with Crippen LogP contribution in [-0.2, 0) is 15.4 Å². The third-order valence-corrected chi connectivity index (χ3v) is 4.24. The molecule has 5 nitrogen and oxygen atoms in total. The summed E-state index contributed by atoms with van der Waals surface area (Å²) in [5.41, 5.74) is -0.594. The summed E-state index contributed by atoms with van der Waals surface area (Å²) in [6, 6.07) is 3.25. The highest BCUT2D eigenvalue weighted by atomic mass is 32.2. The lowest BCUT2D eigenvalue weighted by atomic mass is 10.1. The van der Waals surface area contributed by atoms with Crippen LogP contribution in [0.15, 0.2) is 17.0 Å². The van der Waals surface area contributed by atoms with E-state index in [2.05, 4.69) is 0 Å². The van der Waals surface area contributed by atoms with Crippen molar-refractivity contribution in [3.05, 3.63) is 17.7 Å². The number of benzene rings is 1. The van der Waals surface area contributed by atoms with Crippen LogP contribution in [0.3, 0.4) is 0 Å². The Bertz CT molecular complexity index is 586. The Balaban J connectivity index is 2.30. The fourth-order valence-corrected chi connectivity index (χ4v) is 3.22. The fourth-order valence-electron chi connectivity index (χ4n) is 2.07. The zero-order valence-electron chi connectivity index (χ0n) is 9.26. The summed E-state index contributed by atoms with van der Waals surface area (Å²) in [4.78, 5) is 0.0625. The van der Waals surface area contributed by atoms with Gasteiger partial charge < -0.3 is 14.6 Å². The Hall–Kier alpha value is -1.27. The van der Waals surface area contributed by atoms with Gasteiger partial charge in [-0.1, -0.05) is 6.07 Å². The minimum Gasteiger partial charge on any atom is -0.454 e. The van der Waals surface area contributed by atoms with Gasteiger partial charge in [0.15, 0.2) is 21.3 Å². The van der Waals surface area contributed by atoms with E-state index >= 15 is 0 Å². The molecule has 1 N–H and O–H groups in total. The van der Waals surface area contributed by atoms with Crippen molar-refractivity contribution in [2.75, 3.05) is 13.0 Å². The monoisotopic (exact) mass is 256 g/mol. The minimum absolute atomic E-state index is 0.0136. The summed E-state index contributed by atoms with van der Waals surface area (Å²) in [5, 5.41) is 10.1.